The smallest absolute Gasteiger partial charge is 0.161 e. The summed E-state index contributed by atoms with van der Waals surface area (Å²) < 4.78 is 18.0. The molecule has 0 aliphatic carbocycles. The van der Waals surface area contributed by atoms with Gasteiger partial charge in [0.15, 0.2) is 11.5 Å². The summed E-state index contributed by atoms with van der Waals surface area (Å²) in [5.41, 5.74) is 1.15. The third-order valence-electron chi connectivity index (χ3n) is 2.89. The third kappa shape index (κ3) is 4.67. The van der Waals surface area contributed by atoms with Crippen LogP contribution in [0.5, 0.6) is 17.2 Å². The Labute approximate surface area is 134 Å². The molecule has 0 spiro atoms. The van der Waals surface area contributed by atoms with Gasteiger partial charge in [0.1, 0.15) is 19.0 Å². The molecule has 0 aliphatic rings. The molecule has 0 unspecified atom stereocenters. The van der Waals surface area contributed by atoms with Gasteiger partial charge in [-0.15, -0.1) is 0 Å². The van der Waals surface area contributed by atoms with Crippen molar-refractivity contribution in [1.82, 2.24) is 0 Å². The minimum Gasteiger partial charge on any atom is -0.490 e. The van der Waals surface area contributed by atoms with Gasteiger partial charge in [0.2, 0.25) is 0 Å². The van der Waals surface area contributed by atoms with Crippen LogP contribution >= 0.6 is 15.9 Å². The number of para-hydroxylation sites is 2. The Hall–Kier alpha value is -1.68. The van der Waals surface area contributed by atoms with Crippen molar-refractivity contribution in [3.63, 3.8) is 0 Å². The Morgan fingerprint density at radius 2 is 1.57 bits per heavy atom. The van der Waals surface area contributed by atoms with Crippen molar-refractivity contribution in [1.29, 1.82) is 0 Å². The fraction of sp³-hybridized carbons (Fsp3) is 0.294. The second-order valence-corrected chi connectivity index (χ2v) is 5.34. The van der Waals surface area contributed by atoms with Gasteiger partial charge in [-0.05, 0) is 49.7 Å². The van der Waals surface area contributed by atoms with Gasteiger partial charge in [0.05, 0.1) is 6.61 Å². The Balaban J connectivity index is 1.83. The molecule has 0 aromatic heterocycles. The molecule has 0 amide bonds. The molecule has 2 rings (SSSR count). The number of aryl methyl sites for hydroxylation is 1. The van der Waals surface area contributed by atoms with Gasteiger partial charge in [0, 0.05) is 4.47 Å². The molecule has 0 bridgehead atoms. The first-order chi connectivity index (χ1) is 10.2. The lowest BCUT2D eigenvalue weighted by Gasteiger charge is -2.12. The second-order valence-electron chi connectivity index (χ2n) is 4.49. The quantitative estimate of drug-likeness (QED) is 0.682. The van der Waals surface area contributed by atoms with E-state index in [0.29, 0.717) is 19.8 Å². The summed E-state index contributed by atoms with van der Waals surface area (Å²) in [5.74, 6) is 2.35. The van der Waals surface area contributed by atoms with Crippen LogP contribution in [0.1, 0.15) is 12.5 Å². The van der Waals surface area contributed by atoms with Crippen molar-refractivity contribution in [3.8, 4) is 17.2 Å². The number of benzene rings is 2. The minimum absolute atomic E-state index is 0.471. The summed E-state index contributed by atoms with van der Waals surface area (Å²) in [6.45, 7) is 5.57. The lowest BCUT2D eigenvalue weighted by molar-refractivity contribution is 0.208. The summed E-state index contributed by atoms with van der Waals surface area (Å²) in [7, 11) is 0. The molecule has 2 aromatic carbocycles. The van der Waals surface area contributed by atoms with E-state index < -0.39 is 0 Å². The molecule has 0 N–H and O–H groups in total. The van der Waals surface area contributed by atoms with E-state index in [1.807, 2.05) is 56.3 Å². The summed E-state index contributed by atoms with van der Waals surface area (Å²) in [4.78, 5) is 0. The van der Waals surface area contributed by atoms with Crippen LogP contribution in [-0.4, -0.2) is 19.8 Å². The van der Waals surface area contributed by atoms with Gasteiger partial charge in [-0.25, -0.2) is 0 Å². The SMILES string of the molecule is CCOc1ccccc1OCCOc1ccc(Br)c(C)c1. The van der Waals surface area contributed by atoms with E-state index >= 15 is 0 Å². The third-order valence-corrected chi connectivity index (χ3v) is 3.78. The highest BCUT2D eigenvalue weighted by molar-refractivity contribution is 9.10. The normalized spacial score (nSPS) is 10.2. The van der Waals surface area contributed by atoms with Gasteiger partial charge in [-0.1, -0.05) is 28.1 Å². The number of ether oxygens (including phenoxy) is 3. The Bertz CT molecular complexity index is 584. The standard InChI is InChI=1S/C17H19BrO3/c1-3-19-16-6-4-5-7-17(16)21-11-10-20-14-8-9-15(18)13(2)12-14/h4-9,12H,3,10-11H2,1-2H3. The van der Waals surface area contributed by atoms with Crippen LogP contribution in [0.4, 0.5) is 0 Å². The average molecular weight is 351 g/mol. The fourth-order valence-electron chi connectivity index (χ4n) is 1.86. The first-order valence-electron chi connectivity index (χ1n) is 6.94. The lowest BCUT2D eigenvalue weighted by Crippen LogP contribution is -2.09. The second kappa shape index (κ2) is 7.93. The molecule has 0 saturated carbocycles. The number of rotatable bonds is 7. The topological polar surface area (TPSA) is 27.7 Å². The fourth-order valence-corrected chi connectivity index (χ4v) is 2.11. The molecule has 3 nitrogen and oxygen atoms in total. The Morgan fingerprint density at radius 3 is 2.24 bits per heavy atom. The molecule has 0 radical (unpaired) electrons. The van der Waals surface area contributed by atoms with E-state index in [9.17, 15) is 0 Å². The van der Waals surface area contributed by atoms with Crippen LogP contribution in [0, 0.1) is 6.92 Å². The number of hydrogen-bond acceptors (Lipinski definition) is 3. The van der Waals surface area contributed by atoms with Crippen LogP contribution in [0.25, 0.3) is 0 Å². The molecular weight excluding hydrogens is 332 g/mol. The molecule has 0 atom stereocenters. The first kappa shape index (κ1) is 15.7. The average Bonchev–Trinajstić information content (AvgIpc) is 2.49. The predicted octanol–water partition coefficient (Wildman–Crippen LogP) is 4.61. The summed E-state index contributed by atoms with van der Waals surface area (Å²) in [6, 6.07) is 13.6. The maximum atomic E-state index is 5.71. The van der Waals surface area contributed by atoms with E-state index in [-0.39, 0.29) is 0 Å². The molecule has 2 aromatic rings. The summed E-state index contributed by atoms with van der Waals surface area (Å²) in [6.07, 6.45) is 0. The van der Waals surface area contributed by atoms with E-state index in [4.69, 9.17) is 14.2 Å². The largest absolute Gasteiger partial charge is 0.490 e. The monoisotopic (exact) mass is 350 g/mol. The predicted molar refractivity (Wildman–Crippen MR) is 87.5 cm³/mol. The molecule has 21 heavy (non-hydrogen) atoms. The maximum absolute atomic E-state index is 5.71. The van der Waals surface area contributed by atoms with Gasteiger partial charge >= 0.3 is 0 Å². The molecule has 0 heterocycles. The van der Waals surface area contributed by atoms with Crippen LogP contribution in [-0.2, 0) is 0 Å². The highest BCUT2D eigenvalue weighted by Crippen LogP contribution is 2.26. The molecule has 0 fully saturated rings. The highest BCUT2D eigenvalue weighted by atomic mass is 79.9. The zero-order valence-electron chi connectivity index (χ0n) is 12.3. The molecule has 0 aliphatic heterocycles. The van der Waals surface area contributed by atoms with Crippen molar-refractivity contribution < 1.29 is 14.2 Å². The zero-order valence-corrected chi connectivity index (χ0v) is 13.9. The van der Waals surface area contributed by atoms with Crippen LogP contribution in [0.2, 0.25) is 0 Å². The molecule has 4 heteroatoms. The van der Waals surface area contributed by atoms with Crippen LogP contribution in [0.3, 0.4) is 0 Å². The van der Waals surface area contributed by atoms with Gasteiger partial charge < -0.3 is 14.2 Å². The lowest BCUT2D eigenvalue weighted by atomic mass is 10.2. The summed E-state index contributed by atoms with van der Waals surface area (Å²) in [5, 5.41) is 0. The van der Waals surface area contributed by atoms with E-state index in [1.54, 1.807) is 0 Å². The molecule has 0 saturated heterocycles. The van der Waals surface area contributed by atoms with Crippen molar-refractivity contribution in [3.05, 3.63) is 52.5 Å². The Morgan fingerprint density at radius 1 is 0.905 bits per heavy atom. The molecular formula is C17H19BrO3. The van der Waals surface area contributed by atoms with E-state index in [2.05, 4.69) is 15.9 Å². The highest BCUT2D eigenvalue weighted by Gasteiger charge is 2.03. The van der Waals surface area contributed by atoms with Crippen molar-refractivity contribution in [2.24, 2.45) is 0 Å². The van der Waals surface area contributed by atoms with Crippen molar-refractivity contribution in [2.45, 2.75) is 13.8 Å². The zero-order chi connectivity index (χ0) is 15.1. The van der Waals surface area contributed by atoms with E-state index in [0.717, 1.165) is 27.3 Å². The van der Waals surface area contributed by atoms with Gasteiger partial charge in [-0.3, -0.25) is 0 Å². The first-order valence-corrected chi connectivity index (χ1v) is 7.73. The van der Waals surface area contributed by atoms with Crippen LogP contribution < -0.4 is 14.2 Å². The number of halogens is 1. The van der Waals surface area contributed by atoms with Crippen molar-refractivity contribution >= 4 is 15.9 Å². The molecule has 112 valence electrons. The van der Waals surface area contributed by atoms with Gasteiger partial charge in [0.25, 0.3) is 0 Å². The van der Waals surface area contributed by atoms with Gasteiger partial charge in [-0.2, -0.15) is 0 Å². The van der Waals surface area contributed by atoms with Crippen molar-refractivity contribution in [2.75, 3.05) is 19.8 Å². The van der Waals surface area contributed by atoms with E-state index in [1.165, 1.54) is 0 Å². The van der Waals surface area contributed by atoms with Crippen LogP contribution in [0.15, 0.2) is 46.9 Å². The Kier molecular flexibility index (Phi) is 5.93. The summed E-state index contributed by atoms with van der Waals surface area (Å²) >= 11 is 3.47. The number of hydrogen-bond donors (Lipinski definition) is 0. The maximum Gasteiger partial charge on any atom is 0.161 e. The minimum atomic E-state index is 0.471.